The summed E-state index contributed by atoms with van der Waals surface area (Å²) in [6.07, 6.45) is 4.30. The molecule has 1 atom stereocenters. The third kappa shape index (κ3) is 2.71. The van der Waals surface area contributed by atoms with Crippen molar-refractivity contribution in [2.75, 3.05) is 12.5 Å². The first kappa shape index (κ1) is 11.4. The molecule has 0 amide bonds. The molecule has 0 spiro atoms. The number of rotatable bonds is 3. The van der Waals surface area contributed by atoms with Crippen molar-refractivity contribution in [3.05, 3.63) is 16.1 Å². The summed E-state index contributed by atoms with van der Waals surface area (Å²) in [5.74, 6) is 0.573. The van der Waals surface area contributed by atoms with Gasteiger partial charge in [-0.15, -0.1) is 22.9 Å². The predicted molar refractivity (Wildman–Crippen MR) is 63.8 cm³/mol. The molecule has 0 aliphatic carbocycles. The van der Waals surface area contributed by atoms with E-state index in [0.717, 1.165) is 36.6 Å². The molecule has 2 heterocycles. The van der Waals surface area contributed by atoms with Crippen molar-refractivity contribution >= 4 is 22.9 Å². The zero-order valence-electron chi connectivity index (χ0n) is 8.96. The predicted octanol–water partition coefficient (Wildman–Crippen LogP) is 3.17. The Labute approximate surface area is 99.6 Å². The van der Waals surface area contributed by atoms with Gasteiger partial charge in [0, 0.05) is 18.4 Å². The van der Waals surface area contributed by atoms with E-state index >= 15 is 0 Å². The molecule has 2 rings (SSSR count). The number of alkyl halides is 1. The summed E-state index contributed by atoms with van der Waals surface area (Å²) in [7, 11) is 0. The van der Waals surface area contributed by atoms with E-state index in [2.05, 4.69) is 10.4 Å². The zero-order valence-corrected chi connectivity index (χ0v) is 10.5. The van der Waals surface area contributed by atoms with Crippen LogP contribution in [-0.2, 0) is 11.2 Å². The van der Waals surface area contributed by atoms with Gasteiger partial charge in [-0.25, -0.2) is 4.98 Å². The van der Waals surface area contributed by atoms with Gasteiger partial charge in [-0.1, -0.05) is 0 Å². The molecule has 1 aromatic rings. The average Bonchev–Trinajstić information content (AvgIpc) is 2.65. The van der Waals surface area contributed by atoms with Crippen molar-refractivity contribution in [3.63, 3.8) is 0 Å². The highest BCUT2D eigenvalue weighted by Crippen LogP contribution is 2.30. The Hall–Kier alpha value is -0.120. The molecule has 0 radical (unpaired) electrons. The molecule has 0 bridgehead atoms. The van der Waals surface area contributed by atoms with E-state index in [1.807, 2.05) is 6.92 Å². The van der Waals surface area contributed by atoms with Crippen LogP contribution in [0, 0.1) is 6.92 Å². The van der Waals surface area contributed by atoms with Gasteiger partial charge < -0.3 is 4.74 Å². The Morgan fingerprint density at radius 3 is 3.00 bits per heavy atom. The Balaban J connectivity index is 2.06. The van der Waals surface area contributed by atoms with Crippen LogP contribution in [0.3, 0.4) is 0 Å². The number of thiazole rings is 1. The van der Waals surface area contributed by atoms with Gasteiger partial charge in [0.25, 0.3) is 0 Å². The highest BCUT2D eigenvalue weighted by atomic mass is 35.5. The quantitative estimate of drug-likeness (QED) is 0.764. The van der Waals surface area contributed by atoms with Gasteiger partial charge in [0.2, 0.25) is 0 Å². The van der Waals surface area contributed by atoms with Gasteiger partial charge in [0.15, 0.2) is 0 Å². The van der Waals surface area contributed by atoms with Crippen molar-refractivity contribution in [1.29, 1.82) is 0 Å². The molecule has 2 nitrogen and oxygen atoms in total. The van der Waals surface area contributed by atoms with Gasteiger partial charge in [-0.3, -0.25) is 0 Å². The van der Waals surface area contributed by atoms with Gasteiger partial charge in [0.05, 0.1) is 22.2 Å². The second-order valence-corrected chi connectivity index (χ2v) is 5.49. The minimum Gasteiger partial charge on any atom is -0.373 e. The minimum atomic E-state index is -0.152. The van der Waals surface area contributed by atoms with Gasteiger partial charge in [-0.2, -0.15) is 0 Å². The molecule has 84 valence electrons. The first-order valence-corrected chi connectivity index (χ1v) is 6.76. The smallest absolute Gasteiger partial charge is 0.0897 e. The number of hydrogen-bond donors (Lipinski definition) is 0. The van der Waals surface area contributed by atoms with Crippen LogP contribution in [0.4, 0.5) is 0 Å². The SMILES string of the molecule is Cc1nc(CC2(CCl)CCCCO2)cs1. The third-order valence-corrected chi connectivity index (χ3v) is 4.16. The van der Waals surface area contributed by atoms with Gasteiger partial charge in [-0.05, 0) is 26.2 Å². The van der Waals surface area contributed by atoms with Gasteiger partial charge in [0.1, 0.15) is 0 Å². The lowest BCUT2D eigenvalue weighted by molar-refractivity contribution is -0.0620. The molecule has 1 fully saturated rings. The lowest BCUT2D eigenvalue weighted by atomic mass is 9.91. The summed E-state index contributed by atoms with van der Waals surface area (Å²) in [4.78, 5) is 4.48. The van der Waals surface area contributed by atoms with Crippen LogP contribution in [0.2, 0.25) is 0 Å². The Morgan fingerprint density at radius 1 is 1.60 bits per heavy atom. The second kappa shape index (κ2) is 4.81. The monoisotopic (exact) mass is 245 g/mol. The van der Waals surface area contributed by atoms with Crippen LogP contribution in [-0.4, -0.2) is 23.1 Å². The molecule has 1 aliphatic rings. The summed E-state index contributed by atoms with van der Waals surface area (Å²) in [6, 6.07) is 0. The molecule has 15 heavy (non-hydrogen) atoms. The fourth-order valence-corrected chi connectivity index (χ4v) is 2.94. The zero-order chi connectivity index (χ0) is 10.7. The number of halogens is 1. The number of nitrogens with zero attached hydrogens (tertiary/aromatic N) is 1. The fraction of sp³-hybridized carbons (Fsp3) is 0.727. The van der Waals surface area contributed by atoms with E-state index < -0.39 is 0 Å². The molecule has 1 aromatic heterocycles. The van der Waals surface area contributed by atoms with Crippen LogP contribution in [0.1, 0.15) is 30.0 Å². The Kier molecular flexibility index (Phi) is 3.65. The molecule has 0 N–H and O–H groups in total. The average molecular weight is 246 g/mol. The van der Waals surface area contributed by atoms with Gasteiger partial charge >= 0.3 is 0 Å². The summed E-state index contributed by atoms with van der Waals surface area (Å²) in [5.41, 5.74) is 0.973. The standard InChI is InChI=1S/C11H16ClNOS/c1-9-13-10(7-15-9)6-11(8-12)4-2-3-5-14-11/h7H,2-6,8H2,1H3. The lowest BCUT2D eigenvalue weighted by Crippen LogP contribution is -2.40. The molecule has 1 aliphatic heterocycles. The highest BCUT2D eigenvalue weighted by molar-refractivity contribution is 7.09. The number of ether oxygens (including phenoxy) is 1. The van der Waals surface area contributed by atoms with Crippen molar-refractivity contribution < 1.29 is 4.74 Å². The third-order valence-electron chi connectivity index (χ3n) is 2.85. The molecule has 1 unspecified atom stereocenters. The molecule has 0 aromatic carbocycles. The normalized spacial score (nSPS) is 26.8. The topological polar surface area (TPSA) is 22.1 Å². The number of aromatic nitrogens is 1. The van der Waals surface area contributed by atoms with E-state index in [9.17, 15) is 0 Å². The van der Waals surface area contributed by atoms with Crippen LogP contribution >= 0.6 is 22.9 Å². The van der Waals surface area contributed by atoms with E-state index in [1.165, 1.54) is 6.42 Å². The van der Waals surface area contributed by atoms with Crippen molar-refractivity contribution in [3.8, 4) is 0 Å². The highest BCUT2D eigenvalue weighted by Gasteiger charge is 2.33. The van der Waals surface area contributed by atoms with Crippen molar-refractivity contribution in [1.82, 2.24) is 4.98 Å². The van der Waals surface area contributed by atoms with E-state index in [0.29, 0.717) is 5.88 Å². The van der Waals surface area contributed by atoms with Crippen LogP contribution in [0.15, 0.2) is 5.38 Å². The maximum Gasteiger partial charge on any atom is 0.0897 e. The molecular formula is C11H16ClNOS. The van der Waals surface area contributed by atoms with E-state index in [4.69, 9.17) is 16.3 Å². The second-order valence-electron chi connectivity index (χ2n) is 4.16. The minimum absolute atomic E-state index is 0.152. The lowest BCUT2D eigenvalue weighted by Gasteiger charge is -2.35. The molecule has 4 heteroatoms. The van der Waals surface area contributed by atoms with Crippen LogP contribution in [0.25, 0.3) is 0 Å². The summed E-state index contributed by atoms with van der Waals surface area (Å²) < 4.78 is 5.86. The largest absolute Gasteiger partial charge is 0.373 e. The summed E-state index contributed by atoms with van der Waals surface area (Å²) >= 11 is 7.74. The van der Waals surface area contributed by atoms with Crippen molar-refractivity contribution in [2.24, 2.45) is 0 Å². The van der Waals surface area contributed by atoms with Crippen molar-refractivity contribution in [2.45, 2.75) is 38.2 Å². The summed E-state index contributed by atoms with van der Waals surface area (Å²) in [6.45, 7) is 2.87. The number of aryl methyl sites for hydroxylation is 1. The molecular weight excluding hydrogens is 230 g/mol. The molecule has 1 saturated heterocycles. The van der Waals surface area contributed by atoms with E-state index in [1.54, 1.807) is 11.3 Å². The molecule has 0 saturated carbocycles. The Morgan fingerprint density at radius 2 is 2.47 bits per heavy atom. The Bertz CT molecular complexity index is 320. The number of hydrogen-bond acceptors (Lipinski definition) is 3. The van der Waals surface area contributed by atoms with Crippen LogP contribution in [0.5, 0.6) is 0 Å². The first-order chi connectivity index (χ1) is 7.24. The first-order valence-electron chi connectivity index (χ1n) is 5.35. The van der Waals surface area contributed by atoms with E-state index in [-0.39, 0.29) is 5.60 Å². The maximum atomic E-state index is 6.04. The fourth-order valence-electron chi connectivity index (χ4n) is 2.02. The maximum absolute atomic E-state index is 6.04. The summed E-state index contributed by atoms with van der Waals surface area (Å²) in [5, 5.41) is 3.23. The van der Waals surface area contributed by atoms with Crippen LogP contribution < -0.4 is 0 Å².